The largest absolute Gasteiger partial charge is 0.465 e. The second-order valence-corrected chi connectivity index (χ2v) is 18.4. The lowest BCUT2D eigenvalue weighted by Gasteiger charge is -2.19. The molecule has 1 aromatic rings. The summed E-state index contributed by atoms with van der Waals surface area (Å²) < 4.78 is 21.9. The van der Waals surface area contributed by atoms with Crippen LogP contribution in [0.3, 0.4) is 0 Å². The maximum absolute atomic E-state index is 13.1. The zero-order valence-corrected chi connectivity index (χ0v) is 38.2. The number of aromatic amines is 1. The lowest BCUT2D eigenvalue weighted by atomic mass is 9.94. The zero-order chi connectivity index (χ0) is 41.6. The lowest BCUT2D eigenvalue weighted by Crippen LogP contribution is -2.20. The average Bonchev–Trinajstić information content (AvgIpc) is 3.62. The number of ether oxygens (including phenoxy) is 3. The molecule has 332 valence electrons. The van der Waals surface area contributed by atoms with Gasteiger partial charge >= 0.3 is 23.7 Å². The molecule has 0 amide bonds. The summed E-state index contributed by atoms with van der Waals surface area (Å²) in [7, 11) is 0. The van der Waals surface area contributed by atoms with Gasteiger partial charge in [0.15, 0.2) is 5.82 Å². The number of H-pyrrole nitrogens is 1. The zero-order valence-electron chi connectivity index (χ0n) is 36.6. The molecule has 1 heterocycles. The molecule has 12 heteroatoms. The third kappa shape index (κ3) is 30.7. The van der Waals surface area contributed by atoms with Crippen molar-refractivity contribution in [3.63, 3.8) is 0 Å². The Bertz CT molecular complexity index is 1150. The molecule has 0 aliphatic carbocycles. The van der Waals surface area contributed by atoms with E-state index in [9.17, 15) is 19.2 Å². The molecule has 2 unspecified atom stereocenters. The number of unbranched alkanes of at least 4 members (excludes halogenated alkanes) is 16. The van der Waals surface area contributed by atoms with E-state index in [4.69, 9.17) is 14.2 Å². The van der Waals surface area contributed by atoms with Crippen molar-refractivity contribution >= 4 is 41.4 Å². The standard InChI is InChI=1S/C45H82N2O8S2/c1-5-9-13-15-16-20-29-38(28-19-14-10-6-2)42(49)52-34-23-17-21-30-39(54-41(48)33-27-32-40-46-45(51)55-47-40)31-22-18-24-35-53-43(50)44(56-36-25-11-7-3)57-37-26-12-8-4/h38-39,44H,5-37H2,1-4H3,(H,46,47,51). The summed E-state index contributed by atoms with van der Waals surface area (Å²) in [5.41, 5.74) is 0. The van der Waals surface area contributed by atoms with Crippen molar-refractivity contribution in [3.05, 3.63) is 16.4 Å². The number of carbonyl (C=O) groups excluding carboxylic acids is 3. The minimum atomic E-state index is -0.602. The van der Waals surface area contributed by atoms with E-state index in [1.165, 1.54) is 77.0 Å². The maximum atomic E-state index is 13.1. The highest BCUT2D eigenvalue weighted by molar-refractivity contribution is 8.18. The molecule has 10 nitrogen and oxygen atoms in total. The second kappa shape index (κ2) is 38.3. The predicted molar refractivity (Wildman–Crippen MR) is 237 cm³/mol. The number of aromatic nitrogens is 2. The van der Waals surface area contributed by atoms with Gasteiger partial charge in [0.2, 0.25) is 0 Å². The molecule has 0 spiro atoms. The first-order chi connectivity index (χ1) is 27.8. The monoisotopic (exact) mass is 843 g/mol. The summed E-state index contributed by atoms with van der Waals surface area (Å²) in [5, 5.41) is 3.67. The Morgan fingerprint density at radius 2 is 1.07 bits per heavy atom. The number of carbonyl (C=O) groups is 3. The molecule has 0 saturated carbocycles. The number of hydrogen-bond donors (Lipinski definition) is 1. The molecule has 0 aliphatic rings. The van der Waals surface area contributed by atoms with E-state index in [1.54, 1.807) is 23.5 Å². The number of thioether (sulfide) groups is 2. The van der Waals surface area contributed by atoms with Crippen LogP contribution in [0, 0.1) is 5.92 Å². The predicted octanol–water partition coefficient (Wildman–Crippen LogP) is 12.3. The topological polar surface area (TPSA) is 138 Å². The van der Waals surface area contributed by atoms with Crippen LogP contribution in [-0.4, -0.2) is 63.5 Å². The molecular weight excluding hydrogens is 761 g/mol. The molecule has 1 aromatic heterocycles. The van der Waals surface area contributed by atoms with Crippen LogP contribution < -0.4 is 5.76 Å². The number of hydrogen-bond acceptors (Lipinski definition) is 11. The first-order valence-electron chi connectivity index (χ1n) is 23.1. The Morgan fingerprint density at radius 1 is 0.596 bits per heavy atom. The number of rotatable bonds is 41. The van der Waals surface area contributed by atoms with Crippen molar-refractivity contribution in [2.75, 3.05) is 24.7 Å². The van der Waals surface area contributed by atoms with Crippen LogP contribution in [0.25, 0.3) is 0 Å². The summed E-state index contributed by atoms with van der Waals surface area (Å²) in [6.07, 6.45) is 28.4. The van der Waals surface area contributed by atoms with Gasteiger partial charge < -0.3 is 14.2 Å². The van der Waals surface area contributed by atoms with Gasteiger partial charge in [0.25, 0.3) is 0 Å². The van der Waals surface area contributed by atoms with Crippen LogP contribution in [0.2, 0.25) is 0 Å². The summed E-state index contributed by atoms with van der Waals surface area (Å²) in [6, 6.07) is 0. The van der Waals surface area contributed by atoms with Gasteiger partial charge in [-0.1, -0.05) is 123 Å². The van der Waals surface area contributed by atoms with Crippen LogP contribution in [0.1, 0.15) is 213 Å². The van der Waals surface area contributed by atoms with Gasteiger partial charge in [0.1, 0.15) is 10.7 Å². The molecule has 1 N–H and O–H groups in total. The first kappa shape index (κ1) is 53.1. The molecule has 0 aliphatic heterocycles. The number of nitrogens with zero attached hydrogens (tertiary/aromatic N) is 1. The van der Waals surface area contributed by atoms with Crippen LogP contribution >= 0.6 is 23.5 Å². The Hall–Kier alpha value is -1.95. The summed E-state index contributed by atoms with van der Waals surface area (Å²) >= 11 is 3.45. The van der Waals surface area contributed by atoms with Crippen LogP contribution in [0.4, 0.5) is 0 Å². The van der Waals surface area contributed by atoms with Gasteiger partial charge in [-0.25, -0.2) is 9.59 Å². The smallest absolute Gasteiger partial charge is 0.438 e. The third-order valence-electron chi connectivity index (χ3n) is 10.3. The maximum Gasteiger partial charge on any atom is 0.438 e. The molecule has 0 radical (unpaired) electrons. The highest BCUT2D eigenvalue weighted by Crippen LogP contribution is 2.28. The summed E-state index contributed by atoms with van der Waals surface area (Å²) in [5.74, 6) is 1.40. The number of aryl methyl sites for hydroxylation is 1. The second-order valence-electron chi connectivity index (χ2n) is 15.6. The molecule has 0 aromatic carbocycles. The van der Waals surface area contributed by atoms with E-state index in [0.29, 0.717) is 31.9 Å². The van der Waals surface area contributed by atoms with E-state index in [-0.39, 0.29) is 40.9 Å². The van der Waals surface area contributed by atoms with Gasteiger partial charge in [-0.3, -0.25) is 19.1 Å². The van der Waals surface area contributed by atoms with Crippen molar-refractivity contribution in [1.29, 1.82) is 0 Å². The van der Waals surface area contributed by atoms with E-state index in [1.807, 2.05) is 0 Å². The highest BCUT2D eigenvalue weighted by atomic mass is 32.2. The fourth-order valence-electron chi connectivity index (χ4n) is 6.75. The van der Waals surface area contributed by atoms with Crippen LogP contribution in [0.15, 0.2) is 9.32 Å². The van der Waals surface area contributed by atoms with E-state index >= 15 is 0 Å². The highest BCUT2D eigenvalue weighted by Gasteiger charge is 2.22. The summed E-state index contributed by atoms with van der Waals surface area (Å²) in [6.45, 7) is 9.68. The van der Waals surface area contributed by atoms with Crippen molar-refractivity contribution in [1.82, 2.24) is 10.1 Å². The Kier molecular flexibility index (Phi) is 35.6. The summed E-state index contributed by atoms with van der Waals surface area (Å²) in [4.78, 5) is 52.6. The van der Waals surface area contributed by atoms with E-state index in [2.05, 4.69) is 42.4 Å². The Labute approximate surface area is 355 Å². The molecule has 57 heavy (non-hydrogen) atoms. The van der Waals surface area contributed by atoms with Gasteiger partial charge in [-0.2, -0.15) is 0 Å². The number of nitrogens with one attached hydrogen (secondary N) is 1. The van der Waals surface area contributed by atoms with Crippen LogP contribution in [0.5, 0.6) is 0 Å². The average molecular weight is 843 g/mol. The van der Waals surface area contributed by atoms with Gasteiger partial charge in [-0.05, 0) is 95.0 Å². The molecule has 0 fully saturated rings. The number of esters is 3. The van der Waals surface area contributed by atoms with Crippen molar-refractivity contribution in [2.24, 2.45) is 5.92 Å². The minimum absolute atomic E-state index is 0.00943. The molecule has 0 saturated heterocycles. The molecular formula is C45H82N2O8S2. The Balaban J connectivity index is 2.55. The normalized spacial score (nSPS) is 12.5. The lowest BCUT2D eigenvalue weighted by molar-refractivity contribution is -0.151. The van der Waals surface area contributed by atoms with Crippen LogP contribution in [-0.2, 0) is 35.0 Å². The SMILES string of the molecule is CCCCCCCCC(CCCCCC)C(=O)OCCCCCC(CCCCCOC(=O)C(SCCCCC)SCCCCC)OC(=O)CCCc1noc(=O)[nH]1. The van der Waals surface area contributed by atoms with Gasteiger partial charge in [0.05, 0.1) is 19.1 Å². The van der Waals surface area contributed by atoms with E-state index < -0.39 is 5.76 Å². The Morgan fingerprint density at radius 3 is 1.61 bits per heavy atom. The van der Waals surface area contributed by atoms with E-state index in [0.717, 1.165) is 101 Å². The first-order valence-corrected chi connectivity index (χ1v) is 25.2. The van der Waals surface area contributed by atoms with Gasteiger partial charge in [0, 0.05) is 12.8 Å². The molecule has 1 rings (SSSR count). The van der Waals surface area contributed by atoms with Crippen molar-refractivity contribution in [2.45, 2.75) is 225 Å². The molecule has 2 atom stereocenters. The minimum Gasteiger partial charge on any atom is -0.465 e. The van der Waals surface area contributed by atoms with Gasteiger partial charge in [-0.15, -0.1) is 23.5 Å². The van der Waals surface area contributed by atoms with Crippen molar-refractivity contribution in [3.8, 4) is 0 Å². The third-order valence-corrected chi connectivity index (χ3v) is 13.1. The molecule has 0 bridgehead atoms. The quantitative estimate of drug-likeness (QED) is 0.0292. The fourth-order valence-corrected chi connectivity index (χ4v) is 9.29. The fraction of sp³-hybridized carbons (Fsp3) is 0.889. The van der Waals surface area contributed by atoms with Crippen molar-refractivity contribution < 1.29 is 33.1 Å².